The van der Waals surface area contributed by atoms with Crippen LogP contribution >= 0.6 is 24.0 Å². The third kappa shape index (κ3) is 6.31. The summed E-state index contributed by atoms with van der Waals surface area (Å²) >= 11 is 0. The standard InChI is InChI=1S/C17H19F2N3O.HI/c1-23-16-7-3-2-6-15(16)22-17(20)21-8-4-5-12-9-13(18)11-14(19)10-12;/h2-3,6-7,9-11H,4-5,8H2,1H3,(H3,20,21,22);1H. The highest BCUT2D eigenvalue weighted by Crippen LogP contribution is 2.22. The molecule has 0 heterocycles. The number of anilines is 1. The van der Waals surface area contributed by atoms with Gasteiger partial charge in [0.15, 0.2) is 5.96 Å². The molecule has 0 atom stereocenters. The molecular weight excluding hydrogens is 427 g/mol. The van der Waals surface area contributed by atoms with Crippen LogP contribution < -0.4 is 15.8 Å². The van der Waals surface area contributed by atoms with Crippen molar-refractivity contribution in [2.24, 2.45) is 10.7 Å². The van der Waals surface area contributed by atoms with Crippen LogP contribution in [0.5, 0.6) is 5.75 Å². The molecule has 2 aromatic rings. The minimum atomic E-state index is -0.569. The Morgan fingerprint density at radius 1 is 1.17 bits per heavy atom. The first-order valence-electron chi connectivity index (χ1n) is 7.23. The first-order valence-corrected chi connectivity index (χ1v) is 7.23. The van der Waals surface area contributed by atoms with Crippen molar-refractivity contribution in [1.82, 2.24) is 0 Å². The van der Waals surface area contributed by atoms with Gasteiger partial charge in [-0.05, 0) is 42.7 Å². The lowest BCUT2D eigenvalue weighted by atomic mass is 10.1. The molecule has 0 aliphatic heterocycles. The van der Waals surface area contributed by atoms with Crippen molar-refractivity contribution < 1.29 is 13.5 Å². The molecule has 0 amide bonds. The van der Waals surface area contributed by atoms with Gasteiger partial charge in [-0.15, -0.1) is 24.0 Å². The zero-order valence-electron chi connectivity index (χ0n) is 13.3. The predicted octanol–water partition coefficient (Wildman–Crippen LogP) is 3.95. The van der Waals surface area contributed by atoms with Gasteiger partial charge in [0.2, 0.25) is 0 Å². The van der Waals surface area contributed by atoms with Crippen LogP contribution in [0.15, 0.2) is 47.5 Å². The summed E-state index contributed by atoms with van der Waals surface area (Å²) in [6, 6.07) is 10.9. The molecule has 0 spiro atoms. The largest absolute Gasteiger partial charge is 0.495 e. The maximum absolute atomic E-state index is 13.1. The Hall–Kier alpha value is -1.90. The van der Waals surface area contributed by atoms with Gasteiger partial charge in [0.05, 0.1) is 12.8 Å². The Balaban J connectivity index is 0.00000288. The maximum Gasteiger partial charge on any atom is 0.193 e. The van der Waals surface area contributed by atoms with Gasteiger partial charge in [-0.25, -0.2) is 8.78 Å². The summed E-state index contributed by atoms with van der Waals surface area (Å²) in [5, 5.41) is 2.96. The average Bonchev–Trinajstić information content (AvgIpc) is 2.51. The molecular formula is C17H20F2IN3O. The Morgan fingerprint density at radius 2 is 1.83 bits per heavy atom. The van der Waals surface area contributed by atoms with Gasteiger partial charge < -0.3 is 15.8 Å². The summed E-state index contributed by atoms with van der Waals surface area (Å²) in [7, 11) is 1.58. The number of benzene rings is 2. The van der Waals surface area contributed by atoms with Gasteiger partial charge >= 0.3 is 0 Å². The minimum absolute atomic E-state index is 0. The number of nitrogens with one attached hydrogen (secondary N) is 1. The van der Waals surface area contributed by atoms with Crippen LogP contribution in [0.3, 0.4) is 0 Å². The zero-order valence-corrected chi connectivity index (χ0v) is 15.6. The molecule has 2 rings (SSSR count). The minimum Gasteiger partial charge on any atom is -0.495 e. The number of aryl methyl sites for hydroxylation is 1. The van der Waals surface area contributed by atoms with Crippen LogP contribution in [-0.2, 0) is 6.42 Å². The molecule has 0 unspecified atom stereocenters. The Bertz CT molecular complexity index is 675. The maximum atomic E-state index is 13.1. The van der Waals surface area contributed by atoms with Gasteiger partial charge in [-0.2, -0.15) is 0 Å². The second kappa shape index (κ2) is 10.1. The van der Waals surface area contributed by atoms with E-state index in [1.54, 1.807) is 7.11 Å². The van der Waals surface area contributed by atoms with Crippen molar-refractivity contribution in [1.29, 1.82) is 0 Å². The molecule has 0 saturated heterocycles. The number of ether oxygens (including phenoxy) is 1. The topological polar surface area (TPSA) is 59.6 Å². The molecule has 0 aliphatic rings. The van der Waals surface area contributed by atoms with Gasteiger partial charge in [-0.1, -0.05) is 12.1 Å². The van der Waals surface area contributed by atoms with Crippen molar-refractivity contribution in [2.75, 3.05) is 19.0 Å². The number of nitrogens with zero attached hydrogens (tertiary/aromatic N) is 1. The fraction of sp³-hybridized carbons (Fsp3) is 0.235. The monoisotopic (exact) mass is 447 g/mol. The van der Waals surface area contributed by atoms with Gasteiger partial charge in [0.1, 0.15) is 17.4 Å². The van der Waals surface area contributed by atoms with E-state index in [0.717, 1.165) is 11.8 Å². The van der Waals surface area contributed by atoms with Crippen LogP contribution in [0.4, 0.5) is 14.5 Å². The number of aliphatic imine (C=N–C) groups is 1. The number of para-hydroxylation sites is 2. The van der Waals surface area contributed by atoms with Gasteiger partial charge in [0, 0.05) is 12.6 Å². The lowest BCUT2D eigenvalue weighted by molar-refractivity contribution is 0.417. The molecule has 3 N–H and O–H groups in total. The van der Waals surface area contributed by atoms with E-state index in [0.29, 0.717) is 30.7 Å². The molecule has 4 nitrogen and oxygen atoms in total. The van der Waals surface area contributed by atoms with Crippen LogP contribution in [0, 0.1) is 11.6 Å². The molecule has 0 aromatic heterocycles. The summed E-state index contributed by atoms with van der Waals surface area (Å²) in [5.41, 5.74) is 7.15. The summed E-state index contributed by atoms with van der Waals surface area (Å²) in [6.07, 6.45) is 1.16. The lowest BCUT2D eigenvalue weighted by Gasteiger charge is -2.10. The number of rotatable bonds is 6. The number of guanidine groups is 1. The second-order valence-corrected chi connectivity index (χ2v) is 4.97. The van der Waals surface area contributed by atoms with Crippen LogP contribution in [0.1, 0.15) is 12.0 Å². The van der Waals surface area contributed by atoms with Crippen LogP contribution in [-0.4, -0.2) is 19.6 Å². The van der Waals surface area contributed by atoms with E-state index in [1.165, 1.54) is 12.1 Å². The molecule has 0 bridgehead atoms. The normalized spacial score (nSPS) is 10.9. The van der Waals surface area contributed by atoms with E-state index in [1.807, 2.05) is 24.3 Å². The van der Waals surface area contributed by atoms with Crippen molar-refractivity contribution >= 4 is 35.6 Å². The number of halogens is 3. The van der Waals surface area contributed by atoms with E-state index < -0.39 is 11.6 Å². The third-order valence-corrected chi connectivity index (χ3v) is 3.20. The summed E-state index contributed by atoms with van der Waals surface area (Å²) in [4.78, 5) is 4.20. The molecule has 7 heteroatoms. The zero-order chi connectivity index (χ0) is 16.7. The summed E-state index contributed by atoms with van der Waals surface area (Å²) in [5.74, 6) is -0.206. The number of hydrogen-bond donors (Lipinski definition) is 2. The Kier molecular flexibility index (Phi) is 8.45. The van der Waals surface area contributed by atoms with Crippen LogP contribution in [0.25, 0.3) is 0 Å². The van der Waals surface area contributed by atoms with E-state index in [2.05, 4.69) is 10.3 Å². The first kappa shape index (κ1) is 20.1. The predicted molar refractivity (Wildman–Crippen MR) is 103 cm³/mol. The molecule has 0 aliphatic carbocycles. The van der Waals surface area contributed by atoms with Crippen LogP contribution in [0.2, 0.25) is 0 Å². The van der Waals surface area contributed by atoms with Gasteiger partial charge in [0.25, 0.3) is 0 Å². The molecule has 24 heavy (non-hydrogen) atoms. The number of hydrogen-bond acceptors (Lipinski definition) is 2. The highest BCUT2D eigenvalue weighted by molar-refractivity contribution is 14.0. The molecule has 130 valence electrons. The molecule has 0 radical (unpaired) electrons. The Morgan fingerprint density at radius 3 is 2.50 bits per heavy atom. The fourth-order valence-corrected chi connectivity index (χ4v) is 2.16. The lowest BCUT2D eigenvalue weighted by Crippen LogP contribution is -2.23. The Labute approximate surface area is 157 Å². The van der Waals surface area contributed by atoms with E-state index in [9.17, 15) is 8.78 Å². The molecule has 0 saturated carbocycles. The highest BCUT2D eigenvalue weighted by atomic mass is 127. The van der Waals surface area contributed by atoms with Crippen molar-refractivity contribution in [3.63, 3.8) is 0 Å². The van der Waals surface area contributed by atoms with Gasteiger partial charge in [-0.3, -0.25) is 4.99 Å². The smallest absolute Gasteiger partial charge is 0.193 e. The van der Waals surface area contributed by atoms with E-state index in [-0.39, 0.29) is 29.9 Å². The molecule has 2 aromatic carbocycles. The van der Waals surface area contributed by atoms with E-state index in [4.69, 9.17) is 10.5 Å². The second-order valence-electron chi connectivity index (χ2n) is 4.97. The average molecular weight is 447 g/mol. The quantitative estimate of drug-likeness (QED) is 0.305. The summed E-state index contributed by atoms with van der Waals surface area (Å²) in [6.45, 7) is 0.451. The fourth-order valence-electron chi connectivity index (χ4n) is 2.16. The summed E-state index contributed by atoms with van der Waals surface area (Å²) < 4.78 is 31.3. The van der Waals surface area contributed by atoms with E-state index >= 15 is 0 Å². The van der Waals surface area contributed by atoms with Crippen molar-refractivity contribution in [2.45, 2.75) is 12.8 Å². The SMILES string of the molecule is COc1ccccc1NC(N)=NCCCc1cc(F)cc(F)c1.I. The third-order valence-electron chi connectivity index (χ3n) is 3.20. The number of nitrogens with two attached hydrogens (primary N) is 1. The van der Waals surface area contributed by atoms with Crippen molar-refractivity contribution in [3.05, 3.63) is 59.7 Å². The number of methoxy groups -OCH3 is 1. The first-order chi connectivity index (χ1) is 11.1. The highest BCUT2D eigenvalue weighted by Gasteiger charge is 2.03. The van der Waals surface area contributed by atoms with Crippen molar-refractivity contribution in [3.8, 4) is 5.75 Å². The molecule has 0 fully saturated rings.